The molecule has 16 heavy (non-hydrogen) atoms. The Morgan fingerprint density at radius 3 is 2.94 bits per heavy atom. The molecule has 2 aromatic heterocycles. The Balaban J connectivity index is 2.09. The zero-order valence-electron chi connectivity index (χ0n) is 8.81. The zero-order valence-corrected chi connectivity index (χ0v) is 12.0. The van der Waals surface area contributed by atoms with E-state index >= 15 is 0 Å². The summed E-state index contributed by atoms with van der Waals surface area (Å²) in [7, 11) is 0. The number of rotatable bonds is 5. The van der Waals surface area contributed by atoms with Crippen molar-refractivity contribution >= 4 is 43.7 Å². The van der Waals surface area contributed by atoms with Crippen molar-refractivity contribution in [2.24, 2.45) is 0 Å². The van der Waals surface area contributed by atoms with Crippen molar-refractivity contribution in [3.8, 4) is 0 Å². The topological polar surface area (TPSA) is 37.8 Å². The van der Waals surface area contributed by atoms with E-state index in [0.29, 0.717) is 6.04 Å². The minimum Gasteiger partial charge on any atom is -0.352 e. The summed E-state index contributed by atoms with van der Waals surface area (Å²) in [5.74, 6) is 0. The van der Waals surface area contributed by atoms with Crippen molar-refractivity contribution in [1.82, 2.24) is 10.2 Å². The van der Waals surface area contributed by atoms with Gasteiger partial charge in [0.25, 0.3) is 0 Å². The van der Waals surface area contributed by atoms with E-state index in [-0.39, 0.29) is 0 Å². The molecule has 0 spiro atoms. The standard InChI is InChI=1S/C10H12BrN3S2/c1-2-4-7(8-5-3-6-15-8)12-10-14-13-9(11)16-10/h3,5-7H,2,4H2,1H3,(H,12,14). The minimum absolute atomic E-state index is 0.352. The van der Waals surface area contributed by atoms with Crippen molar-refractivity contribution in [3.05, 3.63) is 26.3 Å². The Morgan fingerprint density at radius 2 is 2.38 bits per heavy atom. The van der Waals surface area contributed by atoms with Crippen LogP contribution in [0.5, 0.6) is 0 Å². The van der Waals surface area contributed by atoms with Gasteiger partial charge in [0.05, 0.1) is 6.04 Å². The van der Waals surface area contributed by atoms with Gasteiger partial charge in [0, 0.05) is 4.88 Å². The smallest absolute Gasteiger partial charge is 0.206 e. The first-order valence-corrected chi connectivity index (χ1v) is 7.57. The quantitative estimate of drug-likeness (QED) is 0.892. The summed E-state index contributed by atoms with van der Waals surface area (Å²) in [5, 5.41) is 14.4. The molecule has 0 aliphatic carbocycles. The van der Waals surface area contributed by atoms with Crippen LogP contribution in [0.15, 0.2) is 21.4 Å². The van der Waals surface area contributed by atoms with Crippen LogP contribution in [-0.4, -0.2) is 10.2 Å². The fourth-order valence-corrected chi connectivity index (χ4v) is 3.35. The van der Waals surface area contributed by atoms with Crippen LogP contribution in [0.2, 0.25) is 0 Å². The van der Waals surface area contributed by atoms with Crippen molar-refractivity contribution in [2.45, 2.75) is 25.8 Å². The van der Waals surface area contributed by atoms with Gasteiger partial charge < -0.3 is 5.32 Å². The number of nitrogens with one attached hydrogen (secondary N) is 1. The molecule has 86 valence electrons. The molecule has 0 saturated heterocycles. The molecule has 0 saturated carbocycles. The lowest BCUT2D eigenvalue weighted by atomic mass is 10.1. The molecule has 1 atom stereocenters. The van der Waals surface area contributed by atoms with E-state index < -0.39 is 0 Å². The fraction of sp³-hybridized carbons (Fsp3) is 0.400. The summed E-state index contributed by atoms with van der Waals surface area (Å²) < 4.78 is 0.816. The van der Waals surface area contributed by atoms with E-state index in [2.05, 4.69) is 55.9 Å². The number of halogens is 1. The maximum Gasteiger partial charge on any atom is 0.206 e. The van der Waals surface area contributed by atoms with Crippen LogP contribution in [0.1, 0.15) is 30.7 Å². The van der Waals surface area contributed by atoms with Gasteiger partial charge in [0.1, 0.15) is 0 Å². The summed E-state index contributed by atoms with van der Waals surface area (Å²) in [6, 6.07) is 4.60. The number of anilines is 1. The van der Waals surface area contributed by atoms with Crippen LogP contribution in [0.4, 0.5) is 5.13 Å². The van der Waals surface area contributed by atoms with Crippen LogP contribution >= 0.6 is 38.6 Å². The molecule has 1 unspecified atom stereocenters. The molecule has 0 radical (unpaired) electrons. The highest BCUT2D eigenvalue weighted by Crippen LogP contribution is 2.29. The number of aromatic nitrogens is 2. The lowest BCUT2D eigenvalue weighted by Gasteiger charge is -2.15. The lowest BCUT2D eigenvalue weighted by Crippen LogP contribution is -2.08. The van der Waals surface area contributed by atoms with Crippen LogP contribution in [0.25, 0.3) is 0 Å². The van der Waals surface area contributed by atoms with Gasteiger partial charge in [-0.25, -0.2) is 0 Å². The van der Waals surface area contributed by atoms with Gasteiger partial charge in [-0.15, -0.1) is 21.5 Å². The molecular formula is C10H12BrN3S2. The molecule has 0 aliphatic rings. The fourth-order valence-electron chi connectivity index (χ4n) is 1.48. The largest absolute Gasteiger partial charge is 0.352 e. The van der Waals surface area contributed by atoms with Gasteiger partial charge in [-0.05, 0) is 33.8 Å². The average molecular weight is 318 g/mol. The average Bonchev–Trinajstić information content (AvgIpc) is 2.88. The van der Waals surface area contributed by atoms with E-state index in [1.54, 1.807) is 11.3 Å². The van der Waals surface area contributed by atoms with Gasteiger partial charge in [-0.1, -0.05) is 30.7 Å². The van der Waals surface area contributed by atoms with E-state index in [1.807, 2.05) is 0 Å². The first-order valence-electron chi connectivity index (χ1n) is 5.08. The Labute approximate surface area is 111 Å². The second-order valence-electron chi connectivity index (χ2n) is 3.36. The highest BCUT2D eigenvalue weighted by Gasteiger charge is 2.13. The van der Waals surface area contributed by atoms with Gasteiger partial charge in [-0.2, -0.15) is 0 Å². The third kappa shape index (κ3) is 3.02. The van der Waals surface area contributed by atoms with Crippen molar-refractivity contribution in [2.75, 3.05) is 5.32 Å². The first kappa shape index (κ1) is 12.0. The van der Waals surface area contributed by atoms with Gasteiger partial charge >= 0.3 is 0 Å². The molecule has 0 bridgehead atoms. The second-order valence-corrected chi connectivity index (χ2v) is 6.59. The molecule has 3 nitrogen and oxygen atoms in total. The SMILES string of the molecule is CCCC(Nc1nnc(Br)s1)c1cccs1. The number of thiophene rings is 1. The monoisotopic (exact) mass is 317 g/mol. The number of nitrogens with zero attached hydrogens (tertiary/aromatic N) is 2. The van der Waals surface area contributed by atoms with Crippen LogP contribution in [0.3, 0.4) is 0 Å². The highest BCUT2D eigenvalue weighted by atomic mass is 79.9. The summed E-state index contributed by atoms with van der Waals surface area (Å²) >= 11 is 6.62. The predicted molar refractivity (Wildman–Crippen MR) is 73.2 cm³/mol. The normalized spacial score (nSPS) is 12.6. The highest BCUT2D eigenvalue weighted by molar-refractivity contribution is 9.11. The van der Waals surface area contributed by atoms with Crippen molar-refractivity contribution in [1.29, 1.82) is 0 Å². The van der Waals surface area contributed by atoms with Crippen LogP contribution in [0, 0.1) is 0 Å². The summed E-state index contributed by atoms with van der Waals surface area (Å²) in [4.78, 5) is 1.35. The summed E-state index contributed by atoms with van der Waals surface area (Å²) in [6.07, 6.45) is 2.26. The summed E-state index contributed by atoms with van der Waals surface area (Å²) in [5.41, 5.74) is 0. The van der Waals surface area contributed by atoms with Crippen LogP contribution < -0.4 is 5.32 Å². The second kappa shape index (κ2) is 5.75. The minimum atomic E-state index is 0.352. The molecule has 2 heterocycles. The Morgan fingerprint density at radius 1 is 1.50 bits per heavy atom. The molecular weight excluding hydrogens is 306 g/mol. The summed E-state index contributed by atoms with van der Waals surface area (Å²) in [6.45, 7) is 2.19. The van der Waals surface area contributed by atoms with Crippen molar-refractivity contribution < 1.29 is 0 Å². The Bertz CT molecular complexity index is 427. The number of hydrogen-bond donors (Lipinski definition) is 1. The maximum absolute atomic E-state index is 4.06. The van der Waals surface area contributed by atoms with E-state index in [4.69, 9.17) is 0 Å². The molecule has 1 N–H and O–H groups in total. The molecule has 0 fully saturated rings. The first-order chi connectivity index (χ1) is 7.79. The molecule has 0 aliphatic heterocycles. The Hall–Kier alpha value is -0.460. The van der Waals surface area contributed by atoms with Crippen molar-refractivity contribution in [3.63, 3.8) is 0 Å². The van der Waals surface area contributed by atoms with Crippen LogP contribution in [-0.2, 0) is 0 Å². The van der Waals surface area contributed by atoms with Gasteiger partial charge in [0.15, 0.2) is 3.92 Å². The molecule has 0 amide bonds. The molecule has 0 aromatic carbocycles. The van der Waals surface area contributed by atoms with Gasteiger partial charge in [0.2, 0.25) is 5.13 Å². The molecule has 6 heteroatoms. The maximum atomic E-state index is 4.06. The van der Waals surface area contributed by atoms with E-state index in [1.165, 1.54) is 16.2 Å². The third-order valence-electron chi connectivity index (χ3n) is 2.16. The number of hydrogen-bond acceptors (Lipinski definition) is 5. The van der Waals surface area contributed by atoms with E-state index in [9.17, 15) is 0 Å². The van der Waals surface area contributed by atoms with Gasteiger partial charge in [-0.3, -0.25) is 0 Å². The zero-order chi connectivity index (χ0) is 11.4. The third-order valence-corrected chi connectivity index (χ3v) is 4.44. The lowest BCUT2D eigenvalue weighted by molar-refractivity contribution is 0.685. The molecule has 2 rings (SSSR count). The van der Waals surface area contributed by atoms with E-state index in [0.717, 1.165) is 21.9 Å². The molecule has 2 aromatic rings. The Kier molecular flexibility index (Phi) is 4.31. The predicted octanol–water partition coefficient (Wildman–Crippen LogP) is 4.32.